The predicted molar refractivity (Wildman–Crippen MR) is 129 cm³/mol. The van der Waals surface area contributed by atoms with Gasteiger partial charge in [-0.2, -0.15) is 0 Å². The van der Waals surface area contributed by atoms with Crippen molar-refractivity contribution < 1.29 is 18.8 Å². The minimum absolute atomic E-state index is 0.0661. The lowest BCUT2D eigenvalue weighted by Crippen LogP contribution is -2.44. The SMILES string of the molecule is CCOc1ccc(C2(CNC(=O)c3ccccc3SCc3cc(C)no3)CCOCC2)cc1. The summed E-state index contributed by atoms with van der Waals surface area (Å²) in [6.45, 7) is 6.45. The number of rotatable bonds is 9. The highest BCUT2D eigenvalue weighted by Gasteiger charge is 2.35. The third kappa shape index (κ3) is 5.78. The van der Waals surface area contributed by atoms with Gasteiger partial charge in [0.15, 0.2) is 0 Å². The summed E-state index contributed by atoms with van der Waals surface area (Å²) in [6.07, 6.45) is 1.73. The van der Waals surface area contributed by atoms with Crippen LogP contribution in [0.5, 0.6) is 5.75 Å². The molecule has 6 nitrogen and oxygen atoms in total. The van der Waals surface area contributed by atoms with E-state index in [4.69, 9.17) is 14.0 Å². The van der Waals surface area contributed by atoms with Crippen molar-refractivity contribution in [2.24, 2.45) is 0 Å². The molecule has 0 aliphatic carbocycles. The number of nitrogens with one attached hydrogen (secondary N) is 1. The fourth-order valence-electron chi connectivity index (χ4n) is 4.16. The summed E-state index contributed by atoms with van der Waals surface area (Å²) in [5, 5.41) is 7.15. The molecule has 7 heteroatoms. The second-order valence-electron chi connectivity index (χ2n) is 8.25. The molecule has 0 bridgehead atoms. The van der Waals surface area contributed by atoms with E-state index in [1.54, 1.807) is 11.8 Å². The highest BCUT2D eigenvalue weighted by molar-refractivity contribution is 7.98. The second kappa shape index (κ2) is 10.9. The molecule has 1 fully saturated rings. The van der Waals surface area contributed by atoms with Crippen molar-refractivity contribution in [2.75, 3.05) is 26.4 Å². The van der Waals surface area contributed by atoms with Gasteiger partial charge >= 0.3 is 0 Å². The van der Waals surface area contributed by atoms with Crippen LogP contribution in [0.25, 0.3) is 0 Å². The number of benzene rings is 2. The quantitative estimate of drug-likeness (QED) is 0.440. The van der Waals surface area contributed by atoms with Crippen LogP contribution >= 0.6 is 11.8 Å². The predicted octanol–water partition coefficient (Wildman–Crippen LogP) is 5.15. The van der Waals surface area contributed by atoms with Crippen molar-refractivity contribution in [3.8, 4) is 5.75 Å². The van der Waals surface area contributed by atoms with E-state index < -0.39 is 0 Å². The first-order valence-electron chi connectivity index (χ1n) is 11.3. The maximum atomic E-state index is 13.2. The molecule has 1 saturated heterocycles. The van der Waals surface area contributed by atoms with Crippen molar-refractivity contribution in [3.05, 3.63) is 77.2 Å². The lowest BCUT2D eigenvalue weighted by atomic mass is 9.74. The zero-order valence-electron chi connectivity index (χ0n) is 19.1. The lowest BCUT2D eigenvalue weighted by molar-refractivity contribution is 0.0486. The topological polar surface area (TPSA) is 73.6 Å². The van der Waals surface area contributed by atoms with Crippen LogP contribution in [0.4, 0.5) is 0 Å². The summed E-state index contributed by atoms with van der Waals surface area (Å²) < 4.78 is 16.5. The van der Waals surface area contributed by atoms with Crippen LogP contribution in [0.15, 0.2) is 64.0 Å². The number of amides is 1. The van der Waals surface area contributed by atoms with Crippen LogP contribution in [-0.4, -0.2) is 37.4 Å². The summed E-state index contributed by atoms with van der Waals surface area (Å²) >= 11 is 1.58. The lowest BCUT2D eigenvalue weighted by Gasteiger charge is -2.38. The van der Waals surface area contributed by atoms with Crippen LogP contribution in [0, 0.1) is 6.92 Å². The third-order valence-electron chi connectivity index (χ3n) is 5.99. The van der Waals surface area contributed by atoms with Crippen molar-refractivity contribution >= 4 is 17.7 Å². The van der Waals surface area contributed by atoms with E-state index in [0.717, 1.165) is 34.9 Å². The summed E-state index contributed by atoms with van der Waals surface area (Å²) in [5.74, 6) is 2.21. The van der Waals surface area contributed by atoms with Crippen molar-refractivity contribution in [3.63, 3.8) is 0 Å². The van der Waals surface area contributed by atoms with E-state index in [-0.39, 0.29) is 11.3 Å². The van der Waals surface area contributed by atoms with E-state index in [0.29, 0.717) is 37.7 Å². The molecule has 0 saturated carbocycles. The molecule has 1 N–H and O–H groups in total. The molecule has 0 spiro atoms. The Kier molecular flexibility index (Phi) is 7.73. The van der Waals surface area contributed by atoms with Gasteiger partial charge in [0.05, 0.1) is 23.6 Å². The van der Waals surface area contributed by atoms with E-state index in [9.17, 15) is 4.79 Å². The number of aryl methyl sites for hydroxylation is 1. The van der Waals surface area contributed by atoms with Crippen LogP contribution in [0.1, 0.15) is 47.1 Å². The standard InChI is InChI=1S/C26H30N2O4S/c1-3-31-21-10-8-20(9-11-21)26(12-14-30-15-13-26)18-27-25(29)23-6-4-5-7-24(23)33-17-22-16-19(2)28-32-22/h4-11,16H,3,12-15,17-18H2,1-2H3,(H,27,29). The number of aromatic nitrogens is 1. The molecule has 0 radical (unpaired) electrons. The van der Waals surface area contributed by atoms with Crippen molar-refractivity contribution in [1.29, 1.82) is 0 Å². The number of thioether (sulfide) groups is 1. The first-order chi connectivity index (χ1) is 16.1. The van der Waals surface area contributed by atoms with Crippen LogP contribution in [0.3, 0.4) is 0 Å². The average molecular weight is 467 g/mol. The normalized spacial score (nSPS) is 15.2. The van der Waals surface area contributed by atoms with Crippen LogP contribution < -0.4 is 10.1 Å². The Morgan fingerprint density at radius 1 is 1.15 bits per heavy atom. The van der Waals surface area contributed by atoms with E-state index in [1.807, 2.05) is 56.3 Å². The third-order valence-corrected chi connectivity index (χ3v) is 7.09. The van der Waals surface area contributed by atoms with Gasteiger partial charge in [0, 0.05) is 36.1 Å². The summed E-state index contributed by atoms with van der Waals surface area (Å²) in [7, 11) is 0. The molecular weight excluding hydrogens is 436 g/mol. The smallest absolute Gasteiger partial charge is 0.252 e. The Balaban J connectivity index is 1.46. The Labute approximate surface area is 199 Å². The number of hydrogen-bond donors (Lipinski definition) is 1. The summed E-state index contributed by atoms with van der Waals surface area (Å²) in [6, 6.07) is 17.9. The average Bonchev–Trinajstić information content (AvgIpc) is 3.28. The molecule has 2 heterocycles. The molecular formula is C26H30N2O4S. The molecule has 33 heavy (non-hydrogen) atoms. The van der Waals surface area contributed by atoms with Gasteiger partial charge in [0.1, 0.15) is 11.5 Å². The first-order valence-corrected chi connectivity index (χ1v) is 12.3. The highest BCUT2D eigenvalue weighted by Crippen LogP contribution is 2.35. The number of nitrogens with zero attached hydrogens (tertiary/aromatic N) is 1. The maximum absolute atomic E-state index is 13.2. The molecule has 1 aliphatic heterocycles. The minimum Gasteiger partial charge on any atom is -0.494 e. The molecule has 1 amide bonds. The molecule has 2 aromatic carbocycles. The zero-order valence-corrected chi connectivity index (χ0v) is 20.0. The van der Waals surface area contributed by atoms with Gasteiger partial charge in [-0.3, -0.25) is 4.79 Å². The fraction of sp³-hybridized carbons (Fsp3) is 0.385. The zero-order chi connectivity index (χ0) is 23.1. The Bertz CT molecular complexity index is 1060. The van der Waals surface area contributed by atoms with Gasteiger partial charge in [-0.25, -0.2) is 0 Å². The molecule has 0 unspecified atom stereocenters. The Hall–Kier alpha value is -2.77. The van der Waals surface area contributed by atoms with Gasteiger partial charge in [-0.05, 0) is 56.5 Å². The van der Waals surface area contributed by atoms with Gasteiger partial charge in [-0.15, -0.1) is 11.8 Å². The minimum atomic E-state index is -0.155. The van der Waals surface area contributed by atoms with Crippen molar-refractivity contribution in [1.82, 2.24) is 10.5 Å². The maximum Gasteiger partial charge on any atom is 0.252 e. The molecule has 0 atom stereocenters. The van der Waals surface area contributed by atoms with Gasteiger partial charge in [0.2, 0.25) is 0 Å². The number of ether oxygens (including phenoxy) is 2. The summed E-state index contributed by atoms with van der Waals surface area (Å²) in [5.41, 5.74) is 2.58. The Morgan fingerprint density at radius 3 is 2.61 bits per heavy atom. The highest BCUT2D eigenvalue weighted by atomic mass is 32.2. The first kappa shape index (κ1) is 23.4. The van der Waals surface area contributed by atoms with Gasteiger partial charge in [0.25, 0.3) is 5.91 Å². The number of hydrogen-bond acceptors (Lipinski definition) is 6. The molecule has 174 valence electrons. The molecule has 4 rings (SSSR count). The van der Waals surface area contributed by atoms with E-state index in [1.165, 1.54) is 5.56 Å². The number of carbonyl (C=O) groups is 1. The molecule has 1 aliphatic rings. The monoisotopic (exact) mass is 466 g/mol. The largest absolute Gasteiger partial charge is 0.494 e. The fourth-order valence-corrected chi connectivity index (χ4v) is 5.08. The van der Waals surface area contributed by atoms with Crippen molar-refractivity contribution in [2.45, 2.75) is 42.8 Å². The van der Waals surface area contributed by atoms with Gasteiger partial charge in [-0.1, -0.05) is 29.4 Å². The summed E-state index contributed by atoms with van der Waals surface area (Å²) in [4.78, 5) is 14.1. The number of carbonyl (C=O) groups excluding carboxylic acids is 1. The molecule has 1 aromatic heterocycles. The molecule has 3 aromatic rings. The van der Waals surface area contributed by atoms with Crippen LogP contribution in [0.2, 0.25) is 0 Å². The van der Waals surface area contributed by atoms with Crippen LogP contribution in [-0.2, 0) is 15.9 Å². The Morgan fingerprint density at radius 2 is 1.91 bits per heavy atom. The van der Waals surface area contributed by atoms with E-state index >= 15 is 0 Å². The van der Waals surface area contributed by atoms with Gasteiger partial charge < -0.3 is 19.3 Å². The van der Waals surface area contributed by atoms with E-state index in [2.05, 4.69) is 22.6 Å². The second-order valence-corrected chi connectivity index (χ2v) is 9.27.